The Morgan fingerprint density at radius 3 is 2.42 bits per heavy atom. The number of rotatable bonds is 7. The van der Waals surface area contributed by atoms with E-state index in [-0.39, 0.29) is 23.6 Å². The van der Waals surface area contributed by atoms with E-state index >= 15 is 0 Å². The third kappa shape index (κ3) is 6.14. The lowest BCUT2D eigenvalue weighted by atomic mass is 9.94. The number of nitrogens with zero attached hydrogens (tertiary/aromatic N) is 3. The van der Waals surface area contributed by atoms with Crippen LogP contribution in [0.1, 0.15) is 58.4 Å². The summed E-state index contributed by atoms with van der Waals surface area (Å²) >= 11 is 0. The Morgan fingerprint density at radius 2 is 1.75 bits per heavy atom. The summed E-state index contributed by atoms with van der Waals surface area (Å²) < 4.78 is 33.9. The van der Waals surface area contributed by atoms with Gasteiger partial charge in [0.15, 0.2) is 0 Å². The predicted octanol–water partition coefficient (Wildman–Crippen LogP) is 5.52. The minimum absolute atomic E-state index is 0.0207. The van der Waals surface area contributed by atoms with Crippen LogP contribution >= 0.6 is 0 Å². The molecule has 0 radical (unpaired) electrons. The van der Waals surface area contributed by atoms with Crippen molar-refractivity contribution in [3.8, 4) is 11.1 Å². The molecule has 0 unspecified atom stereocenters. The summed E-state index contributed by atoms with van der Waals surface area (Å²) in [5, 5.41) is 3.08. The summed E-state index contributed by atoms with van der Waals surface area (Å²) in [6.07, 6.45) is 8.04. The molecule has 9 heteroatoms. The van der Waals surface area contributed by atoms with E-state index in [4.69, 9.17) is 4.74 Å². The minimum Gasteiger partial charge on any atom is -0.465 e. The fourth-order valence-electron chi connectivity index (χ4n) is 5.66. The van der Waals surface area contributed by atoms with Gasteiger partial charge in [0.25, 0.3) is 5.91 Å². The van der Waals surface area contributed by atoms with E-state index in [1.54, 1.807) is 36.5 Å². The molecule has 0 bridgehead atoms. The summed E-state index contributed by atoms with van der Waals surface area (Å²) in [7, 11) is 1.17. The van der Waals surface area contributed by atoms with Gasteiger partial charge < -0.3 is 15.0 Å². The highest BCUT2D eigenvalue weighted by atomic mass is 19.1. The van der Waals surface area contributed by atoms with E-state index in [2.05, 4.69) is 15.2 Å². The molecule has 2 aliphatic rings. The van der Waals surface area contributed by atoms with E-state index < -0.39 is 17.6 Å². The van der Waals surface area contributed by atoms with Gasteiger partial charge in [0.05, 0.1) is 12.7 Å². The number of hydrogen-bond acceptors (Lipinski definition) is 6. The van der Waals surface area contributed by atoms with E-state index in [0.29, 0.717) is 28.6 Å². The summed E-state index contributed by atoms with van der Waals surface area (Å²) in [6, 6.07) is 12.8. The van der Waals surface area contributed by atoms with Crippen LogP contribution in [0.15, 0.2) is 54.7 Å². The largest absolute Gasteiger partial charge is 0.465 e. The second-order valence-corrected chi connectivity index (χ2v) is 10.4. The van der Waals surface area contributed by atoms with Gasteiger partial charge in [0.1, 0.15) is 23.0 Å². The third-order valence-corrected chi connectivity index (χ3v) is 7.93. The van der Waals surface area contributed by atoms with Crippen molar-refractivity contribution >= 4 is 17.7 Å². The van der Waals surface area contributed by atoms with Gasteiger partial charge in [0.2, 0.25) is 0 Å². The molecular weight excluding hydrogens is 514 g/mol. The lowest BCUT2D eigenvalue weighted by Crippen LogP contribution is -2.52. The van der Waals surface area contributed by atoms with Crippen LogP contribution in [0.3, 0.4) is 0 Å². The number of carbonyl (C=O) groups excluding carboxylic acids is 2. The topological polar surface area (TPSA) is 74.8 Å². The lowest BCUT2D eigenvalue weighted by molar-refractivity contribution is 0.0522. The van der Waals surface area contributed by atoms with Crippen LogP contribution in [0.2, 0.25) is 0 Å². The van der Waals surface area contributed by atoms with Gasteiger partial charge in [0, 0.05) is 50.5 Å². The van der Waals surface area contributed by atoms with Gasteiger partial charge in [-0.1, -0.05) is 43.5 Å². The molecule has 2 heterocycles. The van der Waals surface area contributed by atoms with E-state index in [1.807, 2.05) is 4.90 Å². The standard InChI is InChI=1S/C31H34F2N4O3/c1-40-31(39)29-25(8-5-9-26(29)32)21-10-11-22(27(33)18-21)19-34-28-13-12-23(20-35-28)30(38)37-16-14-36(15-17-37)24-6-3-2-4-7-24/h5,8-13,18,20,24H,2-4,6-7,14-17,19H2,1H3,(H,34,35). The van der Waals surface area contributed by atoms with Crippen molar-refractivity contribution in [1.82, 2.24) is 14.8 Å². The second-order valence-electron chi connectivity index (χ2n) is 10.4. The van der Waals surface area contributed by atoms with Crippen LogP contribution in [0.25, 0.3) is 11.1 Å². The van der Waals surface area contributed by atoms with Gasteiger partial charge in [-0.05, 0) is 48.2 Å². The Morgan fingerprint density at radius 1 is 0.975 bits per heavy atom. The first kappa shape index (κ1) is 27.7. The summed E-state index contributed by atoms with van der Waals surface area (Å²) in [5.41, 5.74) is 1.28. The molecule has 5 rings (SSSR count). The molecule has 1 saturated heterocycles. The maximum atomic E-state index is 15.0. The highest BCUT2D eigenvalue weighted by Crippen LogP contribution is 2.28. The Hall–Kier alpha value is -3.85. The minimum atomic E-state index is -0.825. The molecule has 2 fully saturated rings. The molecule has 0 spiro atoms. The van der Waals surface area contributed by atoms with Gasteiger partial charge >= 0.3 is 5.97 Å². The van der Waals surface area contributed by atoms with Crippen molar-refractivity contribution in [2.24, 2.45) is 0 Å². The molecule has 0 atom stereocenters. The van der Waals surface area contributed by atoms with Crippen LogP contribution in [-0.4, -0.2) is 66.0 Å². The van der Waals surface area contributed by atoms with Crippen LogP contribution in [0, 0.1) is 11.6 Å². The molecule has 2 aromatic carbocycles. The van der Waals surface area contributed by atoms with Crippen LogP contribution in [-0.2, 0) is 11.3 Å². The van der Waals surface area contributed by atoms with Gasteiger partial charge in [-0.15, -0.1) is 0 Å². The normalized spacial score (nSPS) is 16.5. The van der Waals surface area contributed by atoms with E-state index in [1.165, 1.54) is 51.3 Å². The number of nitrogens with one attached hydrogen (secondary N) is 1. The number of benzene rings is 2. The monoisotopic (exact) mass is 548 g/mol. The molecule has 1 aromatic heterocycles. The molecule has 40 heavy (non-hydrogen) atoms. The summed E-state index contributed by atoms with van der Waals surface area (Å²) in [6.45, 7) is 3.43. The molecule has 210 valence electrons. The SMILES string of the molecule is COC(=O)c1c(F)cccc1-c1ccc(CNc2ccc(C(=O)N3CCN(C4CCCCC4)CC3)cn2)c(F)c1. The van der Waals surface area contributed by atoms with Crippen LogP contribution in [0.4, 0.5) is 14.6 Å². The highest BCUT2D eigenvalue weighted by Gasteiger charge is 2.27. The fraction of sp³-hybridized carbons (Fsp3) is 0.387. The van der Waals surface area contributed by atoms with Crippen molar-refractivity contribution in [2.45, 2.75) is 44.7 Å². The molecule has 1 saturated carbocycles. The van der Waals surface area contributed by atoms with E-state index in [0.717, 1.165) is 32.2 Å². The molecule has 7 nitrogen and oxygen atoms in total. The zero-order valence-electron chi connectivity index (χ0n) is 22.7. The number of carbonyl (C=O) groups is 2. The maximum Gasteiger partial charge on any atom is 0.341 e. The molecule has 1 N–H and O–H groups in total. The Kier molecular flexibility index (Phi) is 8.69. The fourth-order valence-corrected chi connectivity index (χ4v) is 5.66. The van der Waals surface area contributed by atoms with Crippen LogP contribution in [0.5, 0.6) is 0 Å². The first-order valence-electron chi connectivity index (χ1n) is 13.8. The van der Waals surface area contributed by atoms with Crippen molar-refractivity contribution in [2.75, 3.05) is 38.6 Å². The zero-order chi connectivity index (χ0) is 28.1. The Labute approximate surface area is 233 Å². The second kappa shape index (κ2) is 12.6. The number of anilines is 1. The molecule has 1 aliphatic heterocycles. The number of piperazine rings is 1. The molecule has 1 amide bonds. The quantitative estimate of drug-likeness (QED) is 0.392. The Balaban J connectivity index is 1.17. The van der Waals surface area contributed by atoms with Crippen molar-refractivity contribution < 1.29 is 23.1 Å². The summed E-state index contributed by atoms with van der Waals surface area (Å²) in [5.74, 6) is -1.57. The first-order valence-corrected chi connectivity index (χ1v) is 13.8. The van der Waals surface area contributed by atoms with E-state index in [9.17, 15) is 18.4 Å². The van der Waals surface area contributed by atoms with Gasteiger partial charge in [-0.2, -0.15) is 0 Å². The zero-order valence-corrected chi connectivity index (χ0v) is 22.7. The van der Waals surface area contributed by atoms with Crippen LogP contribution < -0.4 is 5.32 Å². The molecular formula is C31H34F2N4O3. The predicted molar refractivity (Wildman–Crippen MR) is 149 cm³/mol. The smallest absolute Gasteiger partial charge is 0.341 e. The molecule has 1 aliphatic carbocycles. The number of esters is 1. The average Bonchev–Trinajstić information content (AvgIpc) is 3.00. The third-order valence-electron chi connectivity index (χ3n) is 7.93. The Bertz CT molecular complexity index is 1350. The number of pyridine rings is 1. The summed E-state index contributed by atoms with van der Waals surface area (Å²) in [4.78, 5) is 33.9. The molecule has 3 aromatic rings. The first-order chi connectivity index (χ1) is 19.4. The number of aromatic nitrogens is 1. The number of ether oxygens (including phenoxy) is 1. The number of halogens is 2. The maximum absolute atomic E-state index is 15.0. The highest BCUT2D eigenvalue weighted by molar-refractivity contribution is 5.97. The van der Waals surface area contributed by atoms with Gasteiger partial charge in [-0.25, -0.2) is 18.6 Å². The average molecular weight is 549 g/mol. The van der Waals surface area contributed by atoms with Gasteiger partial charge in [-0.3, -0.25) is 9.69 Å². The number of amides is 1. The number of methoxy groups -OCH3 is 1. The lowest BCUT2D eigenvalue weighted by Gasteiger charge is -2.40. The van der Waals surface area contributed by atoms with Crippen molar-refractivity contribution in [3.63, 3.8) is 0 Å². The van der Waals surface area contributed by atoms with Crippen molar-refractivity contribution in [3.05, 3.63) is 83.1 Å². The number of hydrogen-bond donors (Lipinski definition) is 1. The van der Waals surface area contributed by atoms with Crippen molar-refractivity contribution in [1.29, 1.82) is 0 Å².